The van der Waals surface area contributed by atoms with Crippen LogP contribution in [0.4, 0.5) is 32.1 Å². The third-order valence-corrected chi connectivity index (χ3v) is 2.91. The summed E-state index contributed by atoms with van der Waals surface area (Å²) in [4.78, 5) is 9.72. The first-order chi connectivity index (χ1) is 9.07. The van der Waals surface area contributed by atoms with Gasteiger partial charge >= 0.3 is 0 Å². The Bertz CT molecular complexity index is 511. The van der Waals surface area contributed by atoms with Crippen molar-refractivity contribution in [3.8, 4) is 0 Å². The normalized spacial score (nSPS) is 18.4. The van der Waals surface area contributed by atoms with Gasteiger partial charge in [0.25, 0.3) is 5.92 Å². The Kier molecular flexibility index (Phi) is 3.35. The van der Waals surface area contributed by atoms with Crippen molar-refractivity contribution in [3.05, 3.63) is 0 Å². The van der Waals surface area contributed by atoms with E-state index >= 15 is 0 Å². The zero-order valence-electron chi connectivity index (χ0n) is 11.9. The Morgan fingerprint density at radius 1 is 1.25 bits per heavy atom. The Hall–Kier alpha value is -1.86. The molecule has 1 aliphatic heterocycles. The van der Waals surface area contributed by atoms with Crippen molar-refractivity contribution in [2.45, 2.75) is 38.7 Å². The van der Waals surface area contributed by atoms with Crippen LogP contribution in [-0.2, 0) is 0 Å². The van der Waals surface area contributed by atoms with E-state index in [-0.39, 0.29) is 41.8 Å². The van der Waals surface area contributed by atoms with Crippen LogP contribution in [0, 0.1) is 0 Å². The Balaban J connectivity index is 2.33. The molecular formula is C12H20F2N6. The molecule has 112 valence electrons. The molecule has 0 spiro atoms. The molecule has 20 heavy (non-hydrogen) atoms. The fraction of sp³-hybridized carbons (Fsp3) is 0.667. The summed E-state index contributed by atoms with van der Waals surface area (Å²) in [7, 11) is 0. The summed E-state index contributed by atoms with van der Waals surface area (Å²) in [5.74, 6) is -2.07. The van der Waals surface area contributed by atoms with Crippen molar-refractivity contribution in [2.24, 2.45) is 0 Å². The van der Waals surface area contributed by atoms with E-state index in [9.17, 15) is 8.78 Å². The van der Waals surface area contributed by atoms with Gasteiger partial charge < -0.3 is 21.7 Å². The molecule has 1 aromatic heterocycles. The zero-order valence-corrected chi connectivity index (χ0v) is 11.9. The highest BCUT2D eigenvalue weighted by Crippen LogP contribution is 2.34. The summed E-state index contributed by atoms with van der Waals surface area (Å²) in [6.07, 6.45) is -0.210. The van der Waals surface area contributed by atoms with Crippen LogP contribution < -0.4 is 21.7 Å². The standard InChI is InChI=1S/C12H20F2N6/c1-11(2,3)19-10-17-8(16)7(15)9(18-10)20-5-4-12(13,14)6-20/h4-6,15H2,1-3H3,(H3,16,17,18,19). The SMILES string of the molecule is CC(C)(C)Nc1nc(N)c(N)c(N2CCC(F)(F)C2)n1. The van der Waals surface area contributed by atoms with Gasteiger partial charge in [-0.05, 0) is 20.8 Å². The molecule has 5 N–H and O–H groups in total. The topological polar surface area (TPSA) is 93.1 Å². The second-order valence-corrected chi connectivity index (χ2v) is 6.07. The highest BCUT2D eigenvalue weighted by Gasteiger charge is 2.39. The highest BCUT2D eigenvalue weighted by molar-refractivity contribution is 5.75. The third kappa shape index (κ3) is 3.17. The number of nitrogen functional groups attached to an aromatic ring is 2. The lowest BCUT2D eigenvalue weighted by Gasteiger charge is -2.24. The summed E-state index contributed by atoms with van der Waals surface area (Å²) in [5.41, 5.74) is 11.4. The summed E-state index contributed by atoms with van der Waals surface area (Å²) in [6.45, 7) is 5.61. The zero-order chi connectivity index (χ0) is 15.1. The molecule has 0 atom stereocenters. The van der Waals surface area contributed by atoms with E-state index < -0.39 is 12.5 Å². The number of aromatic nitrogens is 2. The van der Waals surface area contributed by atoms with Crippen molar-refractivity contribution in [1.29, 1.82) is 0 Å². The van der Waals surface area contributed by atoms with Gasteiger partial charge in [-0.2, -0.15) is 9.97 Å². The van der Waals surface area contributed by atoms with Gasteiger partial charge in [0, 0.05) is 18.5 Å². The molecule has 0 radical (unpaired) electrons. The van der Waals surface area contributed by atoms with Gasteiger partial charge in [-0.3, -0.25) is 0 Å². The first-order valence-electron chi connectivity index (χ1n) is 6.41. The third-order valence-electron chi connectivity index (χ3n) is 2.91. The molecule has 0 saturated carbocycles. The fourth-order valence-electron chi connectivity index (χ4n) is 2.02. The van der Waals surface area contributed by atoms with E-state index in [4.69, 9.17) is 11.5 Å². The number of hydrogen-bond donors (Lipinski definition) is 3. The van der Waals surface area contributed by atoms with Crippen molar-refractivity contribution >= 4 is 23.3 Å². The lowest BCUT2D eigenvalue weighted by atomic mass is 10.1. The molecule has 2 heterocycles. The minimum Gasteiger partial charge on any atom is -0.393 e. The van der Waals surface area contributed by atoms with Crippen LogP contribution in [0.1, 0.15) is 27.2 Å². The van der Waals surface area contributed by atoms with Crippen molar-refractivity contribution in [2.75, 3.05) is 34.8 Å². The van der Waals surface area contributed by atoms with Gasteiger partial charge in [0.15, 0.2) is 11.6 Å². The van der Waals surface area contributed by atoms with Gasteiger partial charge in [-0.25, -0.2) is 8.78 Å². The summed E-state index contributed by atoms with van der Waals surface area (Å²) < 4.78 is 26.6. The molecule has 0 aliphatic carbocycles. The number of rotatable bonds is 2. The molecule has 0 aromatic carbocycles. The van der Waals surface area contributed by atoms with E-state index in [1.807, 2.05) is 20.8 Å². The Morgan fingerprint density at radius 3 is 2.40 bits per heavy atom. The first kappa shape index (κ1) is 14.5. The number of halogens is 2. The minimum atomic E-state index is -2.72. The van der Waals surface area contributed by atoms with Crippen LogP contribution in [0.15, 0.2) is 0 Å². The summed E-state index contributed by atoms with van der Waals surface area (Å²) >= 11 is 0. The van der Waals surface area contributed by atoms with Crippen LogP contribution in [-0.4, -0.2) is 34.5 Å². The molecule has 0 unspecified atom stereocenters. The molecule has 0 bridgehead atoms. The average molecular weight is 286 g/mol. The van der Waals surface area contributed by atoms with Gasteiger partial charge in [0.05, 0.1) is 6.54 Å². The van der Waals surface area contributed by atoms with Crippen LogP contribution >= 0.6 is 0 Å². The van der Waals surface area contributed by atoms with Crippen LogP contribution in [0.25, 0.3) is 0 Å². The molecule has 6 nitrogen and oxygen atoms in total. The van der Waals surface area contributed by atoms with Crippen molar-refractivity contribution in [3.63, 3.8) is 0 Å². The minimum absolute atomic E-state index is 0.0944. The quantitative estimate of drug-likeness (QED) is 0.766. The van der Waals surface area contributed by atoms with E-state index in [0.717, 1.165) is 0 Å². The number of anilines is 4. The van der Waals surface area contributed by atoms with Gasteiger partial charge in [-0.15, -0.1) is 0 Å². The molecular weight excluding hydrogens is 266 g/mol. The lowest BCUT2D eigenvalue weighted by Crippen LogP contribution is -2.30. The fourth-order valence-corrected chi connectivity index (χ4v) is 2.02. The van der Waals surface area contributed by atoms with Gasteiger partial charge in [-0.1, -0.05) is 0 Å². The second-order valence-electron chi connectivity index (χ2n) is 6.07. The lowest BCUT2D eigenvalue weighted by molar-refractivity contribution is 0.0257. The maximum Gasteiger partial charge on any atom is 0.266 e. The van der Waals surface area contributed by atoms with Crippen LogP contribution in [0.5, 0.6) is 0 Å². The molecule has 1 saturated heterocycles. The Morgan fingerprint density at radius 2 is 1.90 bits per heavy atom. The maximum atomic E-state index is 13.3. The van der Waals surface area contributed by atoms with Gasteiger partial charge in [0.1, 0.15) is 5.69 Å². The number of nitrogens with two attached hydrogens (primary N) is 2. The van der Waals surface area contributed by atoms with E-state index in [1.165, 1.54) is 4.90 Å². The number of nitrogens with one attached hydrogen (secondary N) is 1. The number of nitrogens with zero attached hydrogens (tertiary/aromatic N) is 3. The molecule has 1 fully saturated rings. The summed E-state index contributed by atoms with van der Waals surface area (Å²) in [6, 6.07) is 0. The first-order valence-corrected chi connectivity index (χ1v) is 6.41. The largest absolute Gasteiger partial charge is 0.393 e. The van der Waals surface area contributed by atoms with Crippen LogP contribution in [0.2, 0.25) is 0 Å². The monoisotopic (exact) mass is 286 g/mol. The Labute approximate surface area is 116 Å². The summed E-state index contributed by atoms with van der Waals surface area (Å²) in [5, 5.41) is 3.06. The smallest absolute Gasteiger partial charge is 0.266 e. The van der Waals surface area contributed by atoms with E-state index in [2.05, 4.69) is 15.3 Å². The van der Waals surface area contributed by atoms with E-state index in [0.29, 0.717) is 0 Å². The highest BCUT2D eigenvalue weighted by atomic mass is 19.3. The molecule has 2 rings (SSSR count). The predicted octanol–water partition coefficient (Wildman–Crippen LogP) is 1.70. The molecule has 1 aromatic rings. The number of alkyl halides is 2. The van der Waals surface area contributed by atoms with Crippen molar-refractivity contribution < 1.29 is 8.78 Å². The number of hydrogen-bond acceptors (Lipinski definition) is 6. The van der Waals surface area contributed by atoms with Gasteiger partial charge in [0.2, 0.25) is 5.95 Å². The predicted molar refractivity (Wildman–Crippen MR) is 76.0 cm³/mol. The van der Waals surface area contributed by atoms with Crippen molar-refractivity contribution in [1.82, 2.24) is 9.97 Å². The van der Waals surface area contributed by atoms with Crippen LogP contribution in [0.3, 0.4) is 0 Å². The maximum absolute atomic E-state index is 13.3. The average Bonchev–Trinajstić information content (AvgIpc) is 2.61. The van der Waals surface area contributed by atoms with E-state index in [1.54, 1.807) is 0 Å². The molecule has 1 aliphatic rings. The second kappa shape index (κ2) is 4.60. The molecule has 0 amide bonds. The molecule has 8 heteroatoms.